The lowest BCUT2D eigenvalue weighted by Crippen LogP contribution is -2.31. The van der Waals surface area contributed by atoms with Crippen LogP contribution in [-0.2, 0) is 13.0 Å². The first-order valence-electron chi connectivity index (χ1n) is 7.04. The van der Waals surface area contributed by atoms with Crippen LogP contribution in [0.15, 0.2) is 36.7 Å². The van der Waals surface area contributed by atoms with Gasteiger partial charge < -0.3 is 4.90 Å². The number of rotatable bonds is 1. The number of nitrogens with zero attached hydrogens (tertiary/aromatic N) is 4. The lowest BCUT2D eigenvalue weighted by molar-refractivity contribution is 0.720. The Kier molecular flexibility index (Phi) is 2.86. The van der Waals surface area contributed by atoms with Crippen LogP contribution in [0.4, 0.5) is 5.82 Å². The topological polar surface area (TPSA) is 33.4 Å². The molecule has 0 atom stereocenters. The summed E-state index contributed by atoms with van der Waals surface area (Å²) < 4.78 is 1.90. The minimum atomic E-state index is 0.814. The molecular formula is C16H15ClN4. The van der Waals surface area contributed by atoms with Crippen molar-refractivity contribution in [3.8, 4) is 0 Å². The largest absolute Gasteiger partial charge is 0.350 e. The molecule has 1 aliphatic heterocycles. The van der Waals surface area contributed by atoms with Gasteiger partial charge in [0.1, 0.15) is 5.52 Å². The summed E-state index contributed by atoms with van der Waals surface area (Å²) in [7, 11) is 0. The van der Waals surface area contributed by atoms with E-state index in [1.807, 2.05) is 29.9 Å². The Balaban J connectivity index is 1.75. The van der Waals surface area contributed by atoms with Crippen LogP contribution < -0.4 is 4.90 Å². The Morgan fingerprint density at radius 2 is 2.10 bits per heavy atom. The number of aromatic nitrogens is 3. The third-order valence-electron chi connectivity index (χ3n) is 3.97. The van der Waals surface area contributed by atoms with Gasteiger partial charge >= 0.3 is 0 Å². The number of anilines is 1. The zero-order valence-electron chi connectivity index (χ0n) is 11.8. The molecule has 4 rings (SSSR count). The highest BCUT2D eigenvalue weighted by atomic mass is 35.5. The molecule has 0 N–H and O–H groups in total. The lowest BCUT2D eigenvalue weighted by atomic mass is 10.00. The molecule has 2 aromatic heterocycles. The molecule has 5 heteroatoms. The van der Waals surface area contributed by atoms with Crippen molar-refractivity contribution in [3.63, 3.8) is 0 Å². The molecule has 0 radical (unpaired) electrons. The van der Waals surface area contributed by atoms with E-state index in [9.17, 15) is 0 Å². The molecule has 0 saturated heterocycles. The first-order chi connectivity index (χ1) is 10.2. The number of benzene rings is 1. The SMILES string of the molecule is Cc1cc2c(N3CCc4cc(Cl)ccc4C3)nccn2n1. The van der Waals surface area contributed by atoms with Crippen molar-refractivity contribution in [2.24, 2.45) is 0 Å². The summed E-state index contributed by atoms with van der Waals surface area (Å²) in [5.41, 5.74) is 4.74. The van der Waals surface area contributed by atoms with E-state index >= 15 is 0 Å². The number of hydrogen-bond donors (Lipinski definition) is 0. The molecule has 0 amide bonds. The maximum Gasteiger partial charge on any atom is 0.155 e. The first-order valence-corrected chi connectivity index (χ1v) is 7.42. The van der Waals surface area contributed by atoms with E-state index < -0.39 is 0 Å². The fourth-order valence-electron chi connectivity index (χ4n) is 2.98. The van der Waals surface area contributed by atoms with Gasteiger partial charge in [0.25, 0.3) is 0 Å². The molecule has 0 unspecified atom stereocenters. The van der Waals surface area contributed by atoms with Gasteiger partial charge in [-0.05, 0) is 42.7 Å². The summed E-state index contributed by atoms with van der Waals surface area (Å²) in [4.78, 5) is 6.89. The van der Waals surface area contributed by atoms with Crippen molar-refractivity contribution < 1.29 is 0 Å². The number of aryl methyl sites for hydroxylation is 1. The van der Waals surface area contributed by atoms with Crippen LogP contribution in [0.2, 0.25) is 5.02 Å². The predicted octanol–water partition coefficient (Wildman–Crippen LogP) is 3.25. The van der Waals surface area contributed by atoms with E-state index in [1.54, 1.807) is 0 Å². The van der Waals surface area contributed by atoms with Gasteiger partial charge in [-0.1, -0.05) is 17.7 Å². The second-order valence-corrected chi connectivity index (χ2v) is 5.89. The van der Waals surface area contributed by atoms with Gasteiger partial charge in [0, 0.05) is 30.5 Å². The van der Waals surface area contributed by atoms with Gasteiger partial charge in [-0.25, -0.2) is 9.50 Å². The van der Waals surface area contributed by atoms with Gasteiger partial charge in [0.2, 0.25) is 0 Å². The van der Waals surface area contributed by atoms with Gasteiger partial charge in [0.15, 0.2) is 5.82 Å². The van der Waals surface area contributed by atoms with E-state index in [-0.39, 0.29) is 0 Å². The second kappa shape index (κ2) is 4.74. The van der Waals surface area contributed by atoms with Crippen LogP contribution in [0.3, 0.4) is 0 Å². The van der Waals surface area contributed by atoms with Gasteiger partial charge in [-0.3, -0.25) is 0 Å². The van der Waals surface area contributed by atoms with Crippen molar-refractivity contribution in [2.45, 2.75) is 19.9 Å². The first kappa shape index (κ1) is 12.7. The highest BCUT2D eigenvalue weighted by Gasteiger charge is 2.20. The van der Waals surface area contributed by atoms with E-state index in [1.165, 1.54) is 11.1 Å². The van der Waals surface area contributed by atoms with Gasteiger partial charge in [-0.15, -0.1) is 0 Å². The highest BCUT2D eigenvalue weighted by molar-refractivity contribution is 6.30. The summed E-state index contributed by atoms with van der Waals surface area (Å²) in [6, 6.07) is 8.23. The molecule has 3 aromatic rings. The average Bonchev–Trinajstić information content (AvgIpc) is 2.86. The number of halogens is 1. The van der Waals surface area contributed by atoms with Crippen LogP contribution in [-0.4, -0.2) is 21.1 Å². The minimum absolute atomic E-state index is 0.814. The average molecular weight is 299 g/mol. The van der Waals surface area contributed by atoms with E-state index in [0.29, 0.717) is 0 Å². The normalized spacial score (nSPS) is 14.5. The Bertz CT molecular complexity index is 824. The third-order valence-corrected chi connectivity index (χ3v) is 4.21. The van der Waals surface area contributed by atoms with E-state index in [4.69, 9.17) is 11.6 Å². The maximum atomic E-state index is 6.07. The number of fused-ring (bicyclic) bond motifs is 2. The van der Waals surface area contributed by atoms with Crippen molar-refractivity contribution in [2.75, 3.05) is 11.4 Å². The molecule has 3 heterocycles. The summed E-state index contributed by atoms with van der Waals surface area (Å²) in [5.74, 6) is 0.999. The standard InChI is InChI=1S/C16H15ClN4/c1-11-8-15-16(18-5-7-21(15)19-11)20-6-4-12-9-14(17)3-2-13(12)10-20/h2-3,5,7-9H,4,6,10H2,1H3. The molecule has 1 aromatic carbocycles. The minimum Gasteiger partial charge on any atom is -0.350 e. The lowest BCUT2D eigenvalue weighted by Gasteiger charge is -2.30. The quantitative estimate of drug-likeness (QED) is 0.691. The Morgan fingerprint density at radius 3 is 3.00 bits per heavy atom. The molecule has 0 spiro atoms. The monoisotopic (exact) mass is 298 g/mol. The summed E-state index contributed by atoms with van der Waals surface area (Å²) in [5, 5.41) is 5.27. The molecule has 21 heavy (non-hydrogen) atoms. The summed E-state index contributed by atoms with van der Waals surface area (Å²) in [6.07, 6.45) is 4.70. The molecule has 0 aliphatic carbocycles. The van der Waals surface area contributed by atoms with Crippen LogP contribution >= 0.6 is 11.6 Å². The molecule has 0 fully saturated rings. The Morgan fingerprint density at radius 1 is 1.19 bits per heavy atom. The molecular weight excluding hydrogens is 284 g/mol. The third kappa shape index (κ3) is 2.16. The predicted molar refractivity (Wildman–Crippen MR) is 83.9 cm³/mol. The maximum absolute atomic E-state index is 6.07. The van der Waals surface area contributed by atoms with Gasteiger partial charge in [0.05, 0.1) is 5.69 Å². The van der Waals surface area contributed by atoms with Gasteiger partial charge in [-0.2, -0.15) is 5.10 Å². The van der Waals surface area contributed by atoms with Crippen molar-refractivity contribution in [1.29, 1.82) is 0 Å². The van der Waals surface area contributed by atoms with Crippen LogP contribution in [0.5, 0.6) is 0 Å². The van der Waals surface area contributed by atoms with Crippen molar-refractivity contribution in [3.05, 3.63) is 58.5 Å². The molecule has 1 aliphatic rings. The fraction of sp³-hybridized carbons (Fsp3) is 0.250. The zero-order chi connectivity index (χ0) is 14.4. The molecule has 0 bridgehead atoms. The summed E-state index contributed by atoms with van der Waals surface area (Å²) in [6.45, 7) is 3.82. The second-order valence-electron chi connectivity index (χ2n) is 5.45. The molecule has 4 nitrogen and oxygen atoms in total. The molecule has 0 saturated carbocycles. The fourth-order valence-corrected chi connectivity index (χ4v) is 3.17. The Labute approximate surface area is 128 Å². The van der Waals surface area contributed by atoms with E-state index in [2.05, 4.69) is 33.2 Å². The highest BCUT2D eigenvalue weighted by Crippen LogP contribution is 2.27. The van der Waals surface area contributed by atoms with E-state index in [0.717, 1.165) is 41.6 Å². The smallest absolute Gasteiger partial charge is 0.155 e. The van der Waals surface area contributed by atoms with Crippen molar-refractivity contribution in [1.82, 2.24) is 14.6 Å². The molecule has 106 valence electrons. The zero-order valence-corrected chi connectivity index (χ0v) is 12.5. The summed E-state index contributed by atoms with van der Waals surface area (Å²) >= 11 is 6.07. The Hall–Kier alpha value is -2.07. The van der Waals surface area contributed by atoms with Crippen molar-refractivity contribution >= 4 is 22.9 Å². The number of hydrogen-bond acceptors (Lipinski definition) is 3. The van der Waals surface area contributed by atoms with Crippen LogP contribution in [0.1, 0.15) is 16.8 Å². The van der Waals surface area contributed by atoms with Crippen LogP contribution in [0, 0.1) is 6.92 Å². The van der Waals surface area contributed by atoms with Crippen LogP contribution in [0.25, 0.3) is 5.52 Å².